The van der Waals surface area contributed by atoms with Crippen LogP contribution in [0.4, 0.5) is 5.82 Å². The van der Waals surface area contributed by atoms with Crippen molar-refractivity contribution >= 4 is 21.7 Å². The van der Waals surface area contributed by atoms with Crippen LogP contribution >= 0.6 is 15.9 Å². The summed E-state index contributed by atoms with van der Waals surface area (Å²) in [5, 5.41) is 3.95. The van der Waals surface area contributed by atoms with Crippen molar-refractivity contribution in [2.45, 2.75) is 13.8 Å². The molecule has 2 N–H and O–H groups in total. The van der Waals surface area contributed by atoms with Crippen LogP contribution in [-0.2, 0) is 0 Å². The van der Waals surface area contributed by atoms with Crippen molar-refractivity contribution in [2.75, 3.05) is 5.73 Å². The number of nitrogen functional groups attached to an aromatic ring is 1. The Bertz CT molecular complexity index is 788. The Morgan fingerprint density at radius 1 is 1.00 bits per heavy atom. The van der Waals surface area contributed by atoms with Gasteiger partial charge in [-0.3, -0.25) is 0 Å². The van der Waals surface area contributed by atoms with Gasteiger partial charge in [0.15, 0.2) is 11.6 Å². The summed E-state index contributed by atoms with van der Waals surface area (Å²) in [6.07, 6.45) is 0. The van der Waals surface area contributed by atoms with Gasteiger partial charge in [0, 0.05) is 10.0 Å². The van der Waals surface area contributed by atoms with Gasteiger partial charge in [0.1, 0.15) is 0 Å². The quantitative estimate of drug-likeness (QED) is 0.715. The summed E-state index contributed by atoms with van der Waals surface area (Å²) in [5.41, 5.74) is 11.2. The lowest BCUT2D eigenvalue weighted by molar-refractivity contribution is 0.436. The first-order valence-corrected chi connectivity index (χ1v) is 7.43. The molecule has 3 aromatic rings. The number of halogens is 1. The third-order valence-electron chi connectivity index (χ3n) is 3.32. The second-order valence-electron chi connectivity index (χ2n) is 5.16. The molecule has 0 amide bonds. The SMILES string of the molecule is Cc1cc(C)cc(-c2onc(N)c2-c2cccc(Br)c2)c1. The van der Waals surface area contributed by atoms with Crippen LogP contribution in [0.2, 0.25) is 0 Å². The zero-order valence-corrected chi connectivity index (χ0v) is 13.4. The molecule has 0 aliphatic carbocycles. The Balaban J connectivity index is 2.21. The zero-order valence-electron chi connectivity index (χ0n) is 11.9. The molecule has 0 aliphatic heterocycles. The minimum Gasteiger partial charge on any atom is -0.380 e. The fourth-order valence-corrected chi connectivity index (χ4v) is 2.93. The van der Waals surface area contributed by atoms with Gasteiger partial charge in [0.05, 0.1) is 5.56 Å². The number of aryl methyl sites for hydroxylation is 2. The van der Waals surface area contributed by atoms with E-state index in [0.29, 0.717) is 11.6 Å². The molecule has 106 valence electrons. The van der Waals surface area contributed by atoms with Crippen LogP contribution in [0, 0.1) is 13.8 Å². The normalized spacial score (nSPS) is 10.8. The van der Waals surface area contributed by atoms with Gasteiger partial charge in [-0.05, 0) is 43.7 Å². The molecule has 3 rings (SSSR count). The van der Waals surface area contributed by atoms with Crippen molar-refractivity contribution in [3.63, 3.8) is 0 Å². The van der Waals surface area contributed by atoms with Gasteiger partial charge in [0.2, 0.25) is 0 Å². The van der Waals surface area contributed by atoms with Crippen LogP contribution in [0.5, 0.6) is 0 Å². The Labute approximate surface area is 131 Å². The number of benzene rings is 2. The van der Waals surface area contributed by atoms with E-state index in [1.54, 1.807) is 0 Å². The van der Waals surface area contributed by atoms with Crippen LogP contribution in [0.1, 0.15) is 11.1 Å². The van der Waals surface area contributed by atoms with Crippen LogP contribution in [0.3, 0.4) is 0 Å². The molecule has 21 heavy (non-hydrogen) atoms. The van der Waals surface area contributed by atoms with Crippen molar-refractivity contribution < 1.29 is 4.52 Å². The largest absolute Gasteiger partial charge is 0.380 e. The third kappa shape index (κ3) is 2.72. The predicted molar refractivity (Wildman–Crippen MR) is 89.0 cm³/mol. The highest BCUT2D eigenvalue weighted by molar-refractivity contribution is 9.10. The van der Waals surface area contributed by atoms with E-state index < -0.39 is 0 Å². The molecule has 0 bridgehead atoms. The summed E-state index contributed by atoms with van der Waals surface area (Å²) in [6, 6.07) is 14.2. The molecule has 0 radical (unpaired) electrons. The number of aromatic nitrogens is 1. The Kier molecular flexibility index (Phi) is 3.55. The molecule has 0 saturated carbocycles. The fraction of sp³-hybridized carbons (Fsp3) is 0.118. The van der Waals surface area contributed by atoms with E-state index in [9.17, 15) is 0 Å². The Morgan fingerprint density at radius 3 is 2.38 bits per heavy atom. The highest BCUT2D eigenvalue weighted by Crippen LogP contribution is 2.37. The molecule has 1 aromatic heterocycles. The van der Waals surface area contributed by atoms with Crippen LogP contribution in [-0.4, -0.2) is 5.16 Å². The van der Waals surface area contributed by atoms with Gasteiger partial charge in [-0.15, -0.1) is 0 Å². The second-order valence-corrected chi connectivity index (χ2v) is 6.07. The lowest BCUT2D eigenvalue weighted by Gasteiger charge is -2.06. The molecule has 0 fully saturated rings. The number of anilines is 1. The maximum absolute atomic E-state index is 6.02. The molecular weight excluding hydrogens is 328 g/mol. The summed E-state index contributed by atoms with van der Waals surface area (Å²) in [5.74, 6) is 1.11. The summed E-state index contributed by atoms with van der Waals surface area (Å²) in [6.45, 7) is 4.13. The fourth-order valence-electron chi connectivity index (χ4n) is 2.53. The molecule has 1 heterocycles. The highest BCUT2D eigenvalue weighted by atomic mass is 79.9. The second kappa shape index (κ2) is 5.37. The predicted octanol–water partition coefficient (Wildman–Crippen LogP) is 4.97. The van der Waals surface area contributed by atoms with Gasteiger partial charge in [-0.2, -0.15) is 0 Å². The number of hydrogen-bond donors (Lipinski definition) is 1. The first-order valence-electron chi connectivity index (χ1n) is 6.64. The molecule has 0 saturated heterocycles. The molecule has 0 aliphatic rings. The van der Waals surface area contributed by atoms with E-state index >= 15 is 0 Å². The molecule has 3 nitrogen and oxygen atoms in total. The van der Waals surface area contributed by atoms with Gasteiger partial charge in [-0.25, -0.2) is 0 Å². The smallest absolute Gasteiger partial charge is 0.176 e. The van der Waals surface area contributed by atoms with Gasteiger partial charge < -0.3 is 10.3 Å². The van der Waals surface area contributed by atoms with Crippen molar-refractivity contribution in [2.24, 2.45) is 0 Å². The maximum Gasteiger partial charge on any atom is 0.176 e. The lowest BCUT2D eigenvalue weighted by Crippen LogP contribution is -1.89. The Morgan fingerprint density at radius 2 is 1.71 bits per heavy atom. The number of nitrogens with zero attached hydrogens (tertiary/aromatic N) is 1. The molecular formula is C17H15BrN2O. The van der Waals surface area contributed by atoms with Gasteiger partial charge in [-0.1, -0.05) is 50.4 Å². The summed E-state index contributed by atoms with van der Waals surface area (Å²) >= 11 is 3.48. The highest BCUT2D eigenvalue weighted by Gasteiger charge is 2.18. The molecule has 4 heteroatoms. The molecule has 0 atom stereocenters. The maximum atomic E-state index is 6.02. The summed E-state index contributed by atoms with van der Waals surface area (Å²) in [4.78, 5) is 0. The van der Waals surface area contributed by atoms with Crippen LogP contribution < -0.4 is 5.73 Å². The number of rotatable bonds is 2. The summed E-state index contributed by atoms with van der Waals surface area (Å²) in [7, 11) is 0. The van der Waals surface area contributed by atoms with Crippen molar-refractivity contribution in [3.8, 4) is 22.5 Å². The average Bonchev–Trinajstić information content (AvgIpc) is 2.79. The molecule has 0 spiro atoms. The molecule has 2 aromatic carbocycles. The Hall–Kier alpha value is -2.07. The van der Waals surface area contributed by atoms with Crippen molar-refractivity contribution in [3.05, 3.63) is 58.1 Å². The number of nitrogens with two attached hydrogens (primary N) is 1. The van der Waals surface area contributed by atoms with E-state index in [1.807, 2.05) is 24.3 Å². The van der Waals surface area contributed by atoms with E-state index in [-0.39, 0.29) is 0 Å². The van der Waals surface area contributed by atoms with Crippen molar-refractivity contribution in [1.29, 1.82) is 0 Å². The van der Waals surface area contributed by atoms with Crippen LogP contribution in [0.15, 0.2) is 51.5 Å². The lowest BCUT2D eigenvalue weighted by atomic mass is 9.99. The van der Waals surface area contributed by atoms with Crippen molar-refractivity contribution in [1.82, 2.24) is 5.16 Å². The van der Waals surface area contributed by atoms with Gasteiger partial charge >= 0.3 is 0 Å². The van der Waals surface area contributed by atoms with E-state index in [1.165, 1.54) is 11.1 Å². The topological polar surface area (TPSA) is 52.0 Å². The first kappa shape index (κ1) is 13.9. The number of hydrogen-bond acceptors (Lipinski definition) is 3. The third-order valence-corrected chi connectivity index (χ3v) is 3.81. The molecule has 0 unspecified atom stereocenters. The monoisotopic (exact) mass is 342 g/mol. The van der Waals surface area contributed by atoms with E-state index in [4.69, 9.17) is 10.3 Å². The summed E-state index contributed by atoms with van der Waals surface area (Å²) < 4.78 is 6.49. The minimum absolute atomic E-state index is 0.405. The van der Waals surface area contributed by atoms with E-state index in [2.05, 4.69) is 53.1 Å². The standard InChI is InChI=1S/C17H15BrN2O/c1-10-6-11(2)8-13(7-10)16-15(17(19)20-21-16)12-4-3-5-14(18)9-12/h3-9H,1-2H3,(H2,19,20). The van der Waals surface area contributed by atoms with Gasteiger partial charge in [0.25, 0.3) is 0 Å². The minimum atomic E-state index is 0.405. The van der Waals surface area contributed by atoms with E-state index in [0.717, 1.165) is 21.2 Å². The first-order chi connectivity index (χ1) is 10.0. The van der Waals surface area contributed by atoms with Crippen LogP contribution in [0.25, 0.3) is 22.5 Å². The zero-order chi connectivity index (χ0) is 15.0. The average molecular weight is 343 g/mol.